The van der Waals surface area contributed by atoms with E-state index in [0.29, 0.717) is 11.2 Å². The highest BCUT2D eigenvalue weighted by atomic mass is 35.5. The summed E-state index contributed by atoms with van der Waals surface area (Å²) in [6.07, 6.45) is 6.99. The number of pyridine rings is 1. The topological polar surface area (TPSA) is 28.2 Å². The summed E-state index contributed by atoms with van der Waals surface area (Å²) in [6.45, 7) is 4.57. The summed E-state index contributed by atoms with van der Waals surface area (Å²) < 4.78 is 0. The van der Waals surface area contributed by atoms with Gasteiger partial charge in [-0.2, -0.15) is 0 Å². The molecule has 2 unspecified atom stereocenters. The van der Waals surface area contributed by atoms with E-state index in [-0.39, 0.29) is 0 Å². The van der Waals surface area contributed by atoms with Crippen LogP contribution in [0.4, 0.5) is 5.69 Å². The number of piperidine rings is 1. The normalized spacial score (nSPS) is 28.1. The molecule has 1 aromatic heterocycles. The van der Waals surface area contributed by atoms with E-state index in [2.05, 4.69) is 21.3 Å². The van der Waals surface area contributed by atoms with E-state index in [4.69, 9.17) is 11.6 Å². The quantitative estimate of drug-likeness (QED) is 0.833. The van der Waals surface area contributed by atoms with Gasteiger partial charge in [-0.15, -0.1) is 0 Å². The van der Waals surface area contributed by atoms with E-state index >= 15 is 0 Å². The number of nitrogens with one attached hydrogen (secondary N) is 1. The molecular formula is C14H20ClN3. The first-order chi connectivity index (χ1) is 8.72. The molecular weight excluding hydrogens is 246 g/mol. The lowest BCUT2D eigenvalue weighted by atomic mass is 9.97. The first-order valence-corrected chi connectivity index (χ1v) is 7.23. The number of hydrogen-bond donors (Lipinski definition) is 1. The SMILES string of the molecule is Cc1cnc(Cl)c(NC2CCN3CCCC3C2)c1. The summed E-state index contributed by atoms with van der Waals surface area (Å²) in [6, 6.07) is 3.43. The van der Waals surface area contributed by atoms with Gasteiger partial charge in [0.05, 0.1) is 5.69 Å². The number of aryl methyl sites for hydroxylation is 1. The summed E-state index contributed by atoms with van der Waals surface area (Å²) in [5.41, 5.74) is 2.15. The van der Waals surface area contributed by atoms with Crippen LogP contribution in [0.25, 0.3) is 0 Å². The molecule has 2 atom stereocenters. The zero-order chi connectivity index (χ0) is 12.5. The largest absolute Gasteiger partial charge is 0.380 e. The minimum atomic E-state index is 0.547. The van der Waals surface area contributed by atoms with Crippen molar-refractivity contribution in [1.82, 2.24) is 9.88 Å². The fraction of sp³-hybridized carbons (Fsp3) is 0.643. The highest BCUT2D eigenvalue weighted by Crippen LogP contribution is 2.30. The predicted octanol–water partition coefficient (Wildman–Crippen LogP) is 3.08. The summed E-state index contributed by atoms with van der Waals surface area (Å²) in [5, 5.41) is 4.17. The van der Waals surface area contributed by atoms with Gasteiger partial charge in [-0.1, -0.05) is 11.6 Å². The molecule has 18 heavy (non-hydrogen) atoms. The maximum Gasteiger partial charge on any atom is 0.152 e. The molecule has 3 heterocycles. The Labute approximate surface area is 114 Å². The molecule has 0 saturated carbocycles. The molecule has 3 rings (SSSR count). The van der Waals surface area contributed by atoms with Crippen molar-refractivity contribution in [3.05, 3.63) is 23.0 Å². The lowest BCUT2D eigenvalue weighted by Crippen LogP contribution is -2.42. The Bertz CT molecular complexity index is 435. The van der Waals surface area contributed by atoms with Gasteiger partial charge >= 0.3 is 0 Å². The van der Waals surface area contributed by atoms with Gasteiger partial charge in [-0.05, 0) is 50.8 Å². The number of anilines is 1. The standard InChI is InChI=1S/C14H20ClN3/c1-10-7-13(14(15)16-9-10)17-11-4-6-18-5-2-3-12(18)8-11/h7,9,11-12,17H,2-6,8H2,1H3. The van der Waals surface area contributed by atoms with Crippen LogP contribution in [0.3, 0.4) is 0 Å². The lowest BCUT2D eigenvalue weighted by molar-refractivity contribution is 0.188. The van der Waals surface area contributed by atoms with Crippen LogP contribution < -0.4 is 5.32 Å². The molecule has 2 aliphatic rings. The van der Waals surface area contributed by atoms with Crippen LogP contribution in [0, 0.1) is 6.92 Å². The van der Waals surface area contributed by atoms with Gasteiger partial charge in [-0.3, -0.25) is 0 Å². The Kier molecular flexibility index (Phi) is 3.44. The van der Waals surface area contributed by atoms with Crippen molar-refractivity contribution in [3.8, 4) is 0 Å². The molecule has 4 heteroatoms. The van der Waals surface area contributed by atoms with Crippen LogP contribution in [-0.2, 0) is 0 Å². The van der Waals surface area contributed by atoms with Crippen LogP contribution >= 0.6 is 11.6 Å². The van der Waals surface area contributed by atoms with Crippen molar-refractivity contribution in [2.45, 2.75) is 44.7 Å². The van der Waals surface area contributed by atoms with Gasteiger partial charge in [0, 0.05) is 24.8 Å². The molecule has 1 aromatic rings. The third-order valence-corrected chi connectivity index (χ3v) is 4.46. The van der Waals surface area contributed by atoms with Crippen molar-refractivity contribution in [1.29, 1.82) is 0 Å². The molecule has 2 fully saturated rings. The average molecular weight is 266 g/mol. The summed E-state index contributed by atoms with van der Waals surface area (Å²) in [7, 11) is 0. The van der Waals surface area contributed by atoms with Crippen molar-refractivity contribution in [3.63, 3.8) is 0 Å². The fourth-order valence-corrected chi connectivity index (χ4v) is 3.39. The van der Waals surface area contributed by atoms with Crippen molar-refractivity contribution in [2.75, 3.05) is 18.4 Å². The first kappa shape index (κ1) is 12.2. The number of hydrogen-bond acceptors (Lipinski definition) is 3. The van der Waals surface area contributed by atoms with Crippen LogP contribution in [0.5, 0.6) is 0 Å². The van der Waals surface area contributed by atoms with Gasteiger partial charge in [0.15, 0.2) is 5.15 Å². The van der Waals surface area contributed by atoms with Crippen LogP contribution in [0.2, 0.25) is 5.15 Å². The highest BCUT2D eigenvalue weighted by Gasteiger charge is 2.31. The Balaban J connectivity index is 1.67. The molecule has 1 N–H and O–H groups in total. The first-order valence-electron chi connectivity index (χ1n) is 6.85. The highest BCUT2D eigenvalue weighted by molar-refractivity contribution is 6.31. The second kappa shape index (κ2) is 5.06. The molecule has 0 radical (unpaired) electrons. The second-order valence-electron chi connectivity index (χ2n) is 5.55. The molecule has 3 nitrogen and oxygen atoms in total. The van der Waals surface area contributed by atoms with Gasteiger partial charge < -0.3 is 10.2 Å². The van der Waals surface area contributed by atoms with Crippen molar-refractivity contribution < 1.29 is 0 Å². The molecule has 98 valence electrons. The van der Waals surface area contributed by atoms with Gasteiger partial charge in [0.2, 0.25) is 0 Å². The summed E-state index contributed by atoms with van der Waals surface area (Å²) in [5.74, 6) is 0. The summed E-state index contributed by atoms with van der Waals surface area (Å²) >= 11 is 6.14. The lowest BCUT2D eigenvalue weighted by Gasteiger charge is -2.35. The molecule has 2 saturated heterocycles. The molecule has 2 aliphatic heterocycles. The van der Waals surface area contributed by atoms with Crippen LogP contribution in [0.15, 0.2) is 12.3 Å². The average Bonchev–Trinajstić information content (AvgIpc) is 2.81. The zero-order valence-electron chi connectivity index (χ0n) is 10.8. The third-order valence-electron chi connectivity index (χ3n) is 4.16. The Morgan fingerprint density at radius 2 is 2.28 bits per heavy atom. The van der Waals surface area contributed by atoms with Crippen LogP contribution in [0.1, 0.15) is 31.2 Å². The van der Waals surface area contributed by atoms with E-state index in [0.717, 1.165) is 17.3 Å². The molecule has 0 spiro atoms. The summed E-state index contributed by atoms with van der Waals surface area (Å²) in [4.78, 5) is 6.84. The fourth-order valence-electron chi connectivity index (χ4n) is 3.23. The van der Waals surface area contributed by atoms with Crippen molar-refractivity contribution in [2.24, 2.45) is 0 Å². The maximum atomic E-state index is 6.14. The number of halogens is 1. The molecule has 0 aliphatic carbocycles. The second-order valence-corrected chi connectivity index (χ2v) is 5.91. The molecule has 0 aromatic carbocycles. The van der Waals surface area contributed by atoms with Gasteiger partial charge in [0.1, 0.15) is 0 Å². The minimum Gasteiger partial charge on any atom is -0.380 e. The number of nitrogens with zero attached hydrogens (tertiary/aromatic N) is 2. The van der Waals surface area contributed by atoms with E-state index in [1.165, 1.54) is 38.8 Å². The van der Waals surface area contributed by atoms with E-state index < -0.39 is 0 Å². The zero-order valence-corrected chi connectivity index (χ0v) is 11.6. The van der Waals surface area contributed by atoms with E-state index in [9.17, 15) is 0 Å². The Morgan fingerprint density at radius 3 is 3.17 bits per heavy atom. The van der Waals surface area contributed by atoms with E-state index in [1.807, 2.05) is 13.1 Å². The monoisotopic (exact) mass is 265 g/mol. The molecule has 0 bridgehead atoms. The Hall–Kier alpha value is -0.800. The number of aromatic nitrogens is 1. The third kappa shape index (κ3) is 2.47. The maximum absolute atomic E-state index is 6.14. The minimum absolute atomic E-state index is 0.547. The predicted molar refractivity (Wildman–Crippen MR) is 75.2 cm³/mol. The number of rotatable bonds is 2. The number of fused-ring (bicyclic) bond motifs is 1. The van der Waals surface area contributed by atoms with Gasteiger partial charge in [0.25, 0.3) is 0 Å². The van der Waals surface area contributed by atoms with E-state index in [1.54, 1.807) is 0 Å². The molecule has 0 amide bonds. The van der Waals surface area contributed by atoms with Gasteiger partial charge in [-0.25, -0.2) is 4.98 Å². The smallest absolute Gasteiger partial charge is 0.152 e. The Morgan fingerprint density at radius 1 is 1.39 bits per heavy atom. The van der Waals surface area contributed by atoms with Crippen molar-refractivity contribution >= 4 is 17.3 Å². The van der Waals surface area contributed by atoms with Crippen LogP contribution in [-0.4, -0.2) is 35.1 Å².